The van der Waals surface area contributed by atoms with Crippen molar-refractivity contribution in [2.75, 3.05) is 26.2 Å². The summed E-state index contributed by atoms with van der Waals surface area (Å²) in [5.74, 6) is 0.0792. The molecule has 2 fully saturated rings. The molecule has 0 aliphatic carbocycles. The van der Waals surface area contributed by atoms with E-state index < -0.39 is 16.3 Å². The highest BCUT2D eigenvalue weighted by atomic mass is 32.2. The number of aliphatic hydroxyl groups is 1. The summed E-state index contributed by atoms with van der Waals surface area (Å²) in [6.45, 7) is 4.13. The molecule has 5 nitrogen and oxygen atoms in total. The fourth-order valence-corrected chi connectivity index (χ4v) is 4.80. The van der Waals surface area contributed by atoms with Crippen molar-refractivity contribution in [3.63, 3.8) is 0 Å². The van der Waals surface area contributed by atoms with Crippen LogP contribution in [0.15, 0.2) is 0 Å². The van der Waals surface area contributed by atoms with Crippen LogP contribution in [0.4, 0.5) is 0 Å². The van der Waals surface area contributed by atoms with Gasteiger partial charge in [-0.15, -0.1) is 0 Å². The molecular formula is C13H26N2O3S. The molecular weight excluding hydrogens is 264 g/mol. The Kier molecular flexibility index (Phi) is 5.22. The average molecular weight is 290 g/mol. The van der Waals surface area contributed by atoms with Gasteiger partial charge in [0, 0.05) is 26.2 Å². The summed E-state index contributed by atoms with van der Waals surface area (Å²) in [6.07, 6.45) is 5.53. The molecule has 0 radical (unpaired) electrons. The molecule has 0 aromatic carbocycles. The first kappa shape index (κ1) is 15.2. The minimum Gasteiger partial charge on any atom is -0.393 e. The van der Waals surface area contributed by atoms with Gasteiger partial charge in [-0.3, -0.25) is 0 Å². The Morgan fingerprint density at radius 1 is 1.00 bits per heavy atom. The molecule has 0 saturated carbocycles. The Balaban J connectivity index is 2.05. The second-order valence-corrected chi connectivity index (χ2v) is 7.75. The molecule has 6 heteroatoms. The summed E-state index contributed by atoms with van der Waals surface area (Å²) in [4.78, 5) is 0. The first-order valence-electron chi connectivity index (χ1n) is 7.45. The lowest BCUT2D eigenvalue weighted by molar-refractivity contribution is 0.0866. The summed E-state index contributed by atoms with van der Waals surface area (Å²) >= 11 is 0. The van der Waals surface area contributed by atoms with Crippen LogP contribution in [0.5, 0.6) is 0 Å². The number of nitrogens with zero attached hydrogens (tertiary/aromatic N) is 2. The van der Waals surface area contributed by atoms with Crippen molar-refractivity contribution in [3.05, 3.63) is 0 Å². The van der Waals surface area contributed by atoms with Gasteiger partial charge in [-0.1, -0.05) is 12.8 Å². The van der Waals surface area contributed by atoms with Crippen LogP contribution < -0.4 is 0 Å². The summed E-state index contributed by atoms with van der Waals surface area (Å²) in [5.41, 5.74) is 0. The molecule has 2 aliphatic rings. The summed E-state index contributed by atoms with van der Waals surface area (Å²) in [6, 6.07) is 0. The van der Waals surface area contributed by atoms with Gasteiger partial charge in [0.1, 0.15) is 0 Å². The fraction of sp³-hybridized carbons (Fsp3) is 1.00. The van der Waals surface area contributed by atoms with Gasteiger partial charge in [-0.25, -0.2) is 0 Å². The van der Waals surface area contributed by atoms with E-state index in [-0.39, 0.29) is 5.92 Å². The molecule has 0 bridgehead atoms. The van der Waals surface area contributed by atoms with Gasteiger partial charge in [-0.2, -0.15) is 17.0 Å². The van der Waals surface area contributed by atoms with Crippen molar-refractivity contribution in [3.8, 4) is 0 Å². The van der Waals surface area contributed by atoms with E-state index >= 15 is 0 Å². The minimum atomic E-state index is -3.32. The Labute approximate surface area is 116 Å². The second kappa shape index (κ2) is 6.52. The average Bonchev–Trinajstić information content (AvgIpc) is 2.68. The van der Waals surface area contributed by atoms with Crippen molar-refractivity contribution in [2.24, 2.45) is 5.92 Å². The first-order valence-corrected chi connectivity index (χ1v) is 8.85. The van der Waals surface area contributed by atoms with Crippen LogP contribution in [-0.2, 0) is 10.2 Å². The van der Waals surface area contributed by atoms with E-state index in [0.29, 0.717) is 26.2 Å². The zero-order valence-electron chi connectivity index (χ0n) is 11.8. The van der Waals surface area contributed by atoms with Crippen LogP contribution in [0, 0.1) is 5.92 Å². The molecule has 0 aromatic heterocycles. The molecule has 2 aliphatic heterocycles. The van der Waals surface area contributed by atoms with Crippen LogP contribution in [-0.4, -0.2) is 54.4 Å². The fourth-order valence-electron chi connectivity index (χ4n) is 3.01. The lowest BCUT2D eigenvalue weighted by Crippen LogP contribution is -2.49. The Morgan fingerprint density at radius 3 is 2.16 bits per heavy atom. The number of piperidine rings is 1. The van der Waals surface area contributed by atoms with Crippen molar-refractivity contribution >= 4 is 10.2 Å². The van der Waals surface area contributed by atoms with E-state index in [2.05, 4.69) is 0 Å². The Morgan fingerprint density at radius 2 is 1.58 bits per heavy atom. The smallest absolute Gasteiger partial charge is 0.281 e. The van der Waals surface area contributed by atoms with Crippen LogP contribution in [0.1, 0.15) is 45.4 Å². The molecule has 2 saturated heterocycles. The summed E-state index contributed by atoms with van der Waals surface area (Å²) in [7, 11) is -3.32. The van der Waals surface area contributed by atoms with Crippen LogP contribution in [0.25, 0.3) is 0 Å². The van der Waals surface area contributed by atoms with Gasteiger partial charge in [0.05, 0.1) is 6.10 Å². The standard InChI is InChI=1S/C13H26N2O3S/c1-12(16)13-7-6-10-15(11-13)19(17,18)14-8-4-2-3-5-9-14/h12-13,16H,2-11H2,1H3/t12-,13-/m0/s1. The number of hydrogen-bond donors (Lipinski definition) is 1. The van der Waals surface area contributed by atoms with E-state index in [1.54, 1.807) is 15.5 Å². The first-order chi connectivity index (χ1) is 9.01. The number of aliphatic hydroxyl groups excluding tert-OH is 1. The second-order valence-electron chi connectivity index (χ2n) is 5.82. The van der Waals surface area contributed by atoms with Crippen LogP contribution in [0.2, 0.25) is 0 Å². The molecule has 2 heterocycles. The van der Waals surface area contributed by atoms with Crippen molar-refractivity contribution < 1.29 is 13.5 Å². The van der Waals surface area contributed by atoms with Crippen LogP contribution >= 0.6 is 0 Å². The number of rotatable bonds is 3. The van der Waals surface area contributed by atoms with Gasteiger partial charge in [0.2, 0.25) is 0 Å². The molecule has 0 spiro atoms. The van der Waals surface area contributed by atoms with Gasteiger partial charge in [-0.05, 0) is 38.5 Å². The number of hydrogen-bond acceptors (Lipinski definition) is 3. The zero-order valence-corrected chi connectivity index (χ0v) is 12.6. The predicted octanol–water partition coefficient (Wildman–Crippen LogP) is 1.20. The molecule has 0 unspecified atom stereocenters. The van der Waals surface area contributed by atoms with E-state index in [4.69, 9.17) is 0 Å². The topological polar surface area (TPSA) is 60.9 Å². The van der Waals surface area contributed by atoms with Crippen molar-refractivity contribution in [1.29, 1.82) is 0 Å². The maximum atomic E-state index is 12.6. The molecule has 2 rings (SSSR count). The summed E-state index contributed by atoms with van der Waals surface area (Å²) in [5, 5.41) is 9.68. The van der Waals surface area contributed by atoms with E-state index in [9.17, 15) is 13.5 Å². The predicted molar refractivity (Wildman–Crippen MR) is 74.9 cm³/mol. The molecule has 2 atom stereocenters. The van der Waals surface area contributed by atoms with Gasteiger partial charge in [0.25, 0.3) is 10.2 Å². The van der Waals surface area contributed by atoms with Gasteiger partial charge >= 0.3 is 0 Å². The van der Waals surface area contributed by atoms with Crippen LogP contribution in [0.3, 0.4) is 0 Å². The van der Waals surface area contributed by atoms with Crippen molar-refractivity contribution in [1.82, 2.24) is 8.61 Å². The monoisotopic (exact) mass is 290 g/mol. The highest BCUT2D eigenvalue weighted by molar-refractivity contribution is 7.86. The van der Waals surface area contributed by atoms with E-state index in [0.717, 1.165) is 38.5 Å². The highest BCUT2D eigenvalue weighted by Gasteiger charge is 2.34. The Hall–Kier alpha value is -0.170. The minimum absolute atomic E-state index is 0.0792. The molecule has 1 N–H and O–H groups in total. The Bertz CT molecular complexity index is 375. The zero-order chi connectivity index (χ0) is 13.9. The maximum absolute atomic E-state index is 12.6. The maximum Gasteiger partial charge on any atom is 0.281 e. The van der Waals surface area contributed by atoms with Gasteiger partial charge in [0.15, 0.2) is 0 Å². The van der Waals surface area contributed by atoms with Gasteiger partial charge < -0.3 is 5.11 Å². The van der Waals surface area contributed by atoms with Crippen molar-refractivity contribution in [2.45, 2.75) is 51.6 Å². The third kappa shape index (κ3) is 3.68. The highest BCUT2D eigenvalue weighted by Crippen LogP contribution is 2.24. The summed E-state index contributed by atoms with van der Waals surface area (Å²) < 4.78 is 28.5. The molecule has 112 valence electrons. The SMILES string of the molecule is C[C@H](O)[C@H]1CCCN(S(=O)(=O)N2CCCCCC2)C1. The molecule has 0 amide bonds. The molecule has 19 heavy (non-hydrogen) atoms. The third-order valence-electron chi connectivity index (χ3n) is 4.32. The molecule has 0 aromatic rings. The third-order valence-corrected chi connectivity index (χ3v) is 6.32. The normalized spacial score (nSPS) is 29.9. The lowest BCUT2D eigenvalue weighted by Gasteiger charge is -2.36. The van der Waals surface area contributed by atoms with E-state index in [1.165, 1.54) is 0 Å². The largest absolute Gasteiger partial charge is 0.393 e. The van der Waals surface area contributed by atoms with E-state index in [1.807, 2.05) is 0 Å². The lowest BCUT2D eigenvalue weighted by atomic mass is 9.95. The quantitative estimate of drug-likeness (QED) is 0.849.